The van der Waals surface area contributed by atoms with Crippen LogP contribution in [0, 0.1) is 34.3 Å². The van der Waals surface area contributed by atoms with Crippen molar-refractivity contribution in [1.82, 2.24) is 10.3 Å². The maximum Gasteiger partial charge on any atom is 0.334 e. The van der Waals surface area contributed by atoms with E-state index in [0.29, 0.717) is 42.2 Å². The lowest BCUT2D eigenvalue weighted by molar-refractivity contribution is 0.253. The Morgan fingerprint density at radius 2 is 1.81 bits per heavy atom. The summed E-state index contributed by atoms with van der Waals surface area (Å²) >= 11 is 6.20. The van der Waals surface area contributed by atoms with Crippen LogP contribution in [0.1, 0.15) is 18.9 Å². The molecule has 3 aromatic rings. The molecule has 4 rings (SSSR count). The van der Waals surface area contributed by atoms with E-state index in [1.165, 1.54) is 17.2 Å². The first kappa shape index (κ1) is 25.8. The van der Waals surface area contributed by atoms with Gasteiger partial charge >= 0.3 is 6.03 Å². The van der Waals surface area contributed by atoms with Gasteiger partial charge in [0, 0.05) is 55.6 Å². The highest BCUT2D eigenvalue weighted by molar-refractivity contribution is 6.31. The number of aromatic nitrogens is 1. The third kappa shape index (κ3) is 5.17. The molecule has 37 heavy (non-hydrogen) atoms. The number of nitrogens with zero attached hydrogens (tertiary/aromatic N) is 5. The van der Waals surface area contributed by atoms with Gasteiger partial charge in [0.15, 0.2) is 11.6 Å². The molecule has 2 heterocycles. The zero-order valence-corrected chi connectivity index (χ0v) is 20.6. The van der Waals surface area contributed by atoms with Gasteiger partial charge in [0.1, 0.15) is 11.5 Å². The van der Waals surface area contributed by atoms with Crippen molar-refractivity contribution in [2.24, 2.45) is 0 Å². The monoisotopic (exact) mass is 521 g/mol. The number of pyridine rings is 1. The van der Waals surface area contributed by atoms with Crippen molar-refractivity contribution >= 4 is 40.5 Å². The minimum atomic E-state index is -0.963. The van der Waals surface area contributed by atoms with E-state index in [9.17, 15) is 10.1 Å². The van der Waals surface area contributed by atoms with Crippen molar-refractivity contribution in [3.05, 3.63) is 64.8 Å². The topological polar surface area (TPSA) is 108 Å². The summed E-state index contributed by atoms with van der Waals surface area (Å²) in [5.74, 6) is -1.64. The largest absolute Gasteiger partial charge is 0.384 e. The summed E-state index contributed by atoms with van der Waals surface area (Å²) in [7, 11) is 0. The second-order valence-corrected chi connectivity index (χ2v) is 8.54. The van der Waals surface area contributed by atoms with Gasteiger partial charge in [-0.3, -0.25) is 9.80 Å². The van der Waals surface area contributed by atoms with Gasteiger partial charge in [-0.15, -0.1) is 0 Å². The van der Waals surface area contributed by atoms with Crippen molar-refractivity contribution in [2.75, 3.05) is 41.3 Å². The highest BCUT2D eigenvalue weighted by Crippen LogP contribution is 2.45. The van der Waals surface area contributed by atoms with E-state index in [1.807, 2.05) is 12.1 Å². The van der Waals surface area contributed by atoms with Crippen LogP contribution >= 0.6 is 11.6 Å². The number of amides is 2. The highest BCUT2D eigenvalue weighted by Gasteiger charge is 2.36. The second-order valence-electron chi connectivity index (χ2n) is 8.10. The van der Waals surface area contributed by atoms with E-state index in [-0.39, 0.29) is 29.3 Å². The molecular formula is C26H22ClF2N7O. The third-order valence-corrected chi connectivity index (χ3v) is 5.98. The molecule has 0 radical (unpaired) electrons. The van der Waals surface area contributed by atoms with E-state index >= 15 is 8.78 Å². The number of carbonyl (C=O) groups excluding carboxylic acids is 1. The number of urea groups is 1. The molecule has 1 aromatic heterocycles. The zero-order valence-electron chi connectivity index (χ0n) is 19.9. The summed E-state index contributed by atoms with van der Waals surface area (Å²) < 4.78 is 31.1. The normalized spacial score (nSPS) is 12.3. The van der Waals surface area contributed by atoms with Gasteiger partial charge in [-0.2, -0.15) is 10.5 Å². The predicted octanol–water partition coefficient (Wildman–Crippen LogP) is 5.57. The van der Waals surface area contributed by atoms with Gasteiger partial charge in [-0.25, -0.2) is 18.6 Å². The summed E-state index contributed by atoms with van der Waals surface area (Å²) in [6, 6.07) is 11.7. The maximum atomic E-state index is 15.5. The molecule has 0 bridgehead atoms. The Kier molecular flexibility index (Phi) is 7.83. The first-order valence-corrected chi connectivity index (χ1v) is 11.9. The Labute approximate surface area is 217 Å². The molecule has 2 N–H and O–H groups in total. The van der Waals surface area contributed by atoms with Crippen LogP contribution in [0.15, 0.2) is 42.6 Å². The van der Waals surface area contributed by atoms with E-state index in [0.717, 1.165) is 17.0 Å². The summed E-state index contributed by atoms with van der Waals surface area (Å²) in [6.45, 7) is 3.25. The molecule has 1 aliphatic rings. The molecule has 0 fully saturated rings. The standard InChI is InChI=1S/C26H22ClF2N7O/c1-2-35-25-20(11-17(27)15-34-25)19-5-4-16(14-31)10-23(19)36(26(35)37)24-21(28)12-18(13-22(24)29)33-9-8-32-7-3-6-30/h4-5,10-13,15,32-33H,2-3,7-9H2,1H3. The number of fused-ring (bicyclic) bond motifs is 3. The minimum Gasteiger partial charge on any atom is -0.384 e. The lowest BCUT2D eigenvalue weighted by atomic mass is 10.0. The Morgan fingerprint density at radius 3 is 2.49 bits per heavy atom. The number of nitrogens with one attached hydrogen (secondary N) is 2. The fourth-order valence-electron chi connectivity index (χ4n) is 4.12. The third-order valence-electron chi connectivity index (χ3n) is 5.77. The highest BCUT2D eigenvalue weighted by atomic mass is 35.5. The molecule has 8 nitrogen and oxygen atoms in total. The zero-order chi connectivity index (χ0) is 26.5. The molecule has 0 aliphatic carbocycles. The summed E-state index contributed by atoms with van der Waals surface area (Å²) in [5.41, 5.74) is 0.895. The Hall–Kier alpha value is -4.25. The Morgan fingerprint density at radius 1 is 1.05 bits per heavy atom. The SMILES string of the molecule is CCN1C(=O)N(c2c(F)cc(NCCNCCC#N)cc2F)c2cc(C#N)ccc2-c2cc(Cl)cnc21. The quantitative estimate of drug-likeness (QED) is 0.375. The first-order chi connectivity index (χ1) is 17.9. The molecule has 2 aromatic carbocycles. The van der Waals surface area contributed by atoms with E-state index < -0.39 is 23.4 Å². The number of carbonyl (C=O) groups is 1. The fraction of sp³-hybridized carbons (Fsp3) is 0.231. The fourth-order valence-corrected chi connectivity index (χ4v) is 4.28. The minimum absolute atomic E-state index is 0.130. The molecule has 0 saturated carbocycles. The van der Waals surface area contributed by atoms with Crippen molar-refractivity contribution in [2.45, 2.75) is 13.3 Å². The maximum absolute atomic E-state index is 15.5. The van der Waals surface area contributed by atoms with Crippen LogP contribution < -0.4 is 20.4 Å². The second kappa shape index (κ2) is 11.2. The van der Waals surface area contributed by atoms with E-state index in [1.54, 1.807) is 25.1 Å². The molecule has 0 spiro atoms. The first-order valence-electron chi connectivity index (χ1n) is 11.5. The van der Waals surface area contributed by atoms with Gasteiger partial charge in [-0.05, 0) is 37.3 Å². The van der Waals surface area contributed by atoms with Gasteiger partial charge in [0.05, 0.1) is 28.4 Å². The van der Waals surface area contributed by atoms with Crippen LogP contribution in [-0.2, 0) is 0 Å². The predicted molar refractivity (Wildman–Crippen MR) is 138 cm³/mol. The molecule has 11 heteroatoms. The number of halogens is 3. The van der Waals surface area contributed by atoms with Crippen LogP contribution in [-0.4, -0.2) is 37.2 Å². The lowest BCUT2D eigenvalue weighted by Crippen LogP contribution is -2.41. The summed E-state index contributed by atoms with van der Waals surface area (Å²) in [4.78, 5) is 20.4. The molecule has 188 valence electrons. The van der Waals surface area contributed by atoms with Crippen molar-refractivity contribution in [3.63, 3.8) is 0 Å². The van der Waals surface area contributed by atoms with Gasteiger partial charge in [0.2, 0.25) is 0 Å². The number of hydrogen-bond donors (Lipinski definition) is 2. The average Bonchev–Trinajstić information content (AvgIpc) is 2.97. The van der Waals surface area contributed by atoms with Crippen LogP contribution in [0.5, 0.6) is 0 Å². The van der Waals surface area contributed by atoms with Gasteiger partial charge in [-0.1, -0.05) is 17.7 Å². The van der Waals surface area contributed by atoms with Gasteiger partial charge in [0.25, 0.3) is 0 Å². The van der Waals surface area contributed by atoms with Crippen molar-refractivity contribution in [1.29, 1.82) is 10.5 Å². The number of nitriles is 2. The van der Waals surface area contributed by atoms with Crippen molar-refractivity contribution < 1.29 is 13.6 Å². The van der Waals surface area contributed by atoms with Crippen LogP contribution in [0.3, 0.4) is 0 Å². The average molecular weight is 522 g/mol. The van der Waals surface area contributed by atoms with Crippen molar-refractivity contribution in [3.8, 4) is 23.3 Å². The molecule has 2 amide bonds. The smallest absolute Gasteiger partial charge is 0.334 e. The summed E-state index contributed by atoms with van der Waals surface area (Å²) in [6.07, 6.45) is 1.75. The number of hydrogen-bond acceptors (Lipinski definition) is 6. The van der Waals surface area contributed by atoms with Gasteiger partial charge < -0.3 is 10.6 Å². The summed E-state index contributed by atoms with van der Waals surface area (Å²) in [5, 5.41) is 24.3. The van der Waals surface area contributed by atoms with Crippen LogP contribution in [0.4, 0.5) is 36.5 Å². The number of benzene rings is 2. The molecule has 0 unspecified atom stereocenters. The van der Waals surface area contributed by atoms with E-state index in [2.05, 4.69) is 15.6 Å². The van der Waals surface area contributed by atoms with Crippen LogP contribution in [0.25, 0.3) is 11.1 Å². The van der Waals surface area contributed by atoms with E-state index in [4.69, 9.17) is 16.9 Å². The molecule has 0 saturated heterocycles. The molecule has 1 aliphatic heterocycles. The Balaban J connectivity index is 1.79. The molecular weight excluding hydrogens is 500 g/mol. The molecule has 0 atom stereocenters. The number of rotatable bonds is 8. The van der Waals surface area contributed by atoms with Crippen LogP contribution in [0.2, 0.25) is 5.02 Å². The number of anilines is 4. The lowest BCUT2D eigenvalue weighted by Gasteiger charge is -2.28. The Bertz CT molecular complexity index is 1410.